The van der Waals surface area contributed by atoms with Gasteiger partial charge in [-0.05, 0) is 55.5 Å². The lowest BCUT2D eigenvalue weighted by Crippen LogP contribution is -2.04. The zero-order valence-electron chi connectivity index (χ0n) is 19.8. The SMILES string of the molecule is CCCC(O)CCCCCCCCCCCCCc1ccc(Nc2ccccc2)cc1. The number of aliphatic hydroxyl groups is 1. The number of anilines is 2. The maximum absolute atomic E-state index is 9.73. The predicted molar refractivity (Wildman–Crippen MR) is 136 cm³/mol. The quantitative estimate of drug-likeness (QED) is 0.235. The van der Waals surface area contributed by atoms with Crippen molar-refractivity contribution in [2.75, 3.05) is 5.32 Å². The van der Waals surface area contributed by atoms with E-state index in [-0.39, 0.29) is 6.10 Å². The zero-order valence-corrected chi connectivity index (χ0v) is 19.8. The molecule has 0 aliphatic heterocycles. The van der Waals surface area contributed by atoms with Gasteiger partial charge in [-0.25, -0.2) is 0 Å². The third kappa shape index (κ3) is 12.6. The van der Waals surface area contributed by atoms with Gasteiger partial charge in [0.2, 0.25) is 0 Å². The number of benzene rings is 2. The van der Waals surface area contributed by atoms with Crippen molar-refractivity contribution in [2.45, 2.75) is 109 Å². The lowest BCUT2D eigenvalue weighted by atomic mass is 10.0. The van der Waals surface area contributed by atoms with Gasteiger partial charge in [-0.3, -0.25) is 0 Å². The Bertz CT molecular complexity index is 652. The molecule has 1 atom stereocenters. The molecule has 2 nitrogen and oxygen atoms in total. The second-order valence-electron chi connectivity index (χ2n) is 9.06. The summed E-state index contributed by atoms with van der Waals surface area (Å²) in [6.07, 6.45) is 19.0. The zero-order chi connectivity index (χ0) is 22.0. The Morgan fingerprint density at radius 3 is 1.71 bits per heavy atom. The first-order valence-corrected chi connectivity index (χ1v) is 12.9. The van der Waals surface area contributed by atoms with Crippen LogP contribution in [0.1, 0.15) is 102 Å². The number of hydrogen-bond acceptors (Lipinski definition) is 2. The van der Waals surface area contributed by atoms with E-state index in [2.05, 4.69) is 60.8 Å². The maximum atomic E-state index is 9.73. The maximum Gasteiger partial charge on any atom is 0.0540 e. The lowest BCUT2D eigenvalue weighted by molar-refractivity contribution is 0.150. The largest absolute Gasteiger partial charge is 0.393 e. The number of nitrogens with one attached hydrogen (secondary N) is 1. The van der Waals surface area contributed by atoms with E-state index in [0.717, 1.165) is 30.6 Å². The number of aliphatic hydroxyl groups excluding tert-OH is 1. The van der Waals surface area contributed by atoms with Gasteiger partial charge in [0.05, 0.1) is 6.10 Å². The summed E-state index contributed by atoms with van der Waals surface area (Å²) < 4.78 is 0. The number of para-hydroxylation sites is 1. The smallest absolute Gasteiger partial charge is 0.0540 e. The average Bonchev–Trinajstić information content (AvgIpc) is 2.79. The van der Waals surface area contributed by atoms with Gasteiger partial charge in [0.1, 0.15) is 0 Å². The Morgan fingerprint density at radius 2 is 1.13 bits per heavy atom. The summed E-state index contributed by atoms with van der Waals surface area (Å²) in [5, 5.41) is 13.2. The topological polar surface area (TPSA) is 32.3 Å². The first kappa shape index (κ1) is 25.5. The molecule has 1 unspecified atom stereocenters. The summed E-state index contributed by atoms with van der Waals surface area (Å²) in [6, 6.07) is 19.2. The van der Waals surface area contributed by atoms with Gasteiger partial charge < -0.3 is 10.4 Å². The molecule has 0 aliphatic rings. The molecule has 0 amide bonds. The summed E-state index contributed by atoms with van der Waals surface area (Å²) in [5.41, 5.74) is 3.74. The Labute approximate surface area is 191 Å². The highest BCUT2D eigenvalue weighted by atomic mass is 16.3. The first-order valence-electron chi connectivity index (χ1n) is 12.9. The molecule has 2 rings (SSSR count). The molecular formula is C29H45NO. The number of hydrogen-bond donors (Lipinski definition) is 2. The fourth-order valence-corrected chi connectivity index (χ4v) is 4.22. The van der Waals surface area contributed by atoms with Crippen LogP contribution in [-0.2, 0) is 6.42 Å². The molecule has 2 N–H and O–H groups in total. The van der Waals surface area contributed by atoms with Gasteiger partial charge >= 0.3 is 0 Å². The van der Waals surface area contributed by atoms with Crippen LogP contribution in [0, 0.1) is 0 Å². The van der Waals surface area contributed by atoms with E-state index in [0.29, 0.717) is 0 Å². The second-order valence-corrected chi connectivity index (χ2v) is 9.06. The van der Waals surface area contributed by atoms with E-state index in [9.17, 15) is 5.11 Å². The van der Waals surface area contributed by atoms with Crippen molar-refractivity contribution in [3.8, 4) is 0 Å². The summed E-state index contributed by atoms with van der Waals surface area (Å²) in [5.74, 6) is 0. The standard InChI is InChI=1S/C29H45NO/c1-2-17-29(31)21-16-11-9-7-5-3-4-6-8-10-13-18-26-22-24-28(25-23-26)30-27-19-14-12-15-20-27/h12,14-15,19-20,22-25,29-31H,2-11,13,16-18,21H2,1H3. The summed E-state index contributed by atoms with van der Waals surface area (Å²) in [7, 11) is 0. The molecule has 2 aromatic rings. The molecule has 0 fully saturated rings. The van der Waals surface area contributed by atoms with E-state index in [4.69, 9.17) is 0 Å². The van der Waals surface area contributed by atoms with Crippen LogP contribution >= 0.6 is 0 Å². The third-order valence-electron chi connectivity index (χ3n) is 6.14. The minimum Gasteiger partial charge on any atom is -0.393 e. The molecule has 2 heteroatoms. The summed E-state index contributed by atoms with van der Waals surface area (Å²) >= 11 is 0. The molecule has 31 heavy (non-hydrogen) atoms. The van der Waals surface area contributed by atoms with Crippen LogP contribution in [0.2, 0.25) is 0 Å². The normalized spacial score (nSPS) is 12.1. The van der Waals surface area contributed by atoms with Crippen molar-refractivity contribution >= 4 is 11.4 Å². The highest BCUT2D eigenvalue weighted by Crippen LogP contribution is 2.18. The fraction of sp³-hybridized carbons (Fsp3) is 0.586. The van der Waals surface area contributed by atoms with Gasteiger partial charge in [0.25, 0.3) is 0 Å². The Balaban J connectivity index is 1.39. The van der Waals surface area contributed by atoms with Crippen LogP contribution in [-0.4, -0.2) is 11.2 Å². The lowest BCUT2D eigenvalue weighted by Gasteiger charge is -2.08. The van der Waals surface area contributed by atoms with Crippen LogP contribution < -0.4 is 5.32 Å². The van der Waals surface area contributed by atoms with Crippen molar-refractivity contribution in [2.24, 2.45) is 0 Å². The Morgan fingerprint density at radius 1 is 0.613 bits per heavy atom. The fourth-order valence-electron chi connectivity index (χ4n) is 4.22. The third-order valence-corrected chi connectivity index (χ3v) is 6.14. The molecule has 0 saturated carbocycles. The molecule has 0 heterocycles. The van der Waals surface area contributed by atoms with Crippen LogP contribution in [0.25, 0.3) is 0 Å². The van der Waals surface area contributed by atoms with Crippen molar-refractivity contribution in [3.05, 3.63) is 60.2 Å². The van der Waals surface area contributed by atoms with Crippen molar-refractivity contribution in [1.82, 2.24) is 0 Å². The van der Waals surface area contributed by atoms with E-state index in [1.54, 1.807) is 0 Å². The van der Waals surface area contributed by atoms with E-state index in [1.165, 1.54) is 82.6 Å². The van der Waals surface area contributed by atoms with Crippen molar-refractivity contribution in [3.63, 3.8) is 0 Å². The molecular weight excluding hydrogens is 378 g/mol. The van der Waals surface area contributed by atoms with Gasteiger partial charge in [-0.2, -0.15) is 0 Å². The second kappa shape index (κ2) is 16.8. The van der Waals surface area contributed by atoms with Crippen molar-refractivity contribution < 1.29 is 5.11 Å². The van der Waals surface area contributed by atoms with Gasteiger partial charge in [-0.15, -0.1) is 0 Å². The summed E-state index contributed by atoms with van der Waals surface area (Å²) in [6.45, 7) is 2.15. The highest BCUT2D eigenvalue weighted by Gasteiger charge is 2.01. The van der Waals surface area contributed by atoms with E-state index >= 15 is 0 Å². The Kier molecular flexibility index (Phi) is 13.8. The molecule has 0 aliphatic carbocycles. The van der Waals surface area contributed by atoms with Gasteiger partial charge in [0.15, 0.2) is 0 Å². The minimum absolute atomic E-state index is 0.0546. The predicted octanol–water partition coefficient (Wildman–Crippen LogP) is 8.81. The minimum atomic E-state index is -0.0546. The van der Waals surface area contributed by atoms with E-state index in [1.807, 2.05) is 6.07 Å². The first-order chi connectivity index (χ1) is 15.3. The number of unbranched alkanes of at least 4 members (excludes halogenated alkanes) is 10. The van der Waals surface area contributed by atoms with E-state index < -0.39 is 0 Å². The van der Waals surface area contributed by atoms with Gasteiger partial charge in [0, 0.05) is 11.4 Å². The Hall–Kier alpha value is -1.80. The van der Waals surface area contributed by atoms with Crippen molar-refractivity contribution in [1.29, 1.82) is 0 Å². The van der Waals surface area contributed by atoms with Crippen LogP contribution in [0.15, 0.2) is 54.6 Å². The molecule has 2 aromatic carbocycles. The summed E-state index contributed by atoms with van der Waals surface area (Å²) in [4.78, 5) is 0. The molecule has 0 aromatic heterocycles. The molecule has 0 radical (unpaired) electrons. The highest BCUT2D eigenvalue weighted by molar-refractivity contribution is 5.59. The number of rotatable bonds is 18. The van der Waals surface area contributed by atoms with Crippen LogP contribution in [0.4, 0.5) is 11.4 Å². The molecule has 0 spiro atoms. The average molecular weight is 424 g/mol. The molecule has 0 saturated heterocycles. The van der Waals surface area contributed by atoms with Crippen LogP contribution in [0.5, 0.6) is 0 Å². The molecule has 172 valence electrons. The van der Waals surface area contributed by atoms with Crippen LogP contribution in [0.3, 0.4) is 0 Å². The molecule has 0 bridgehead atoms. The number of aryl methyl sites for hydroxylation is 1. The monoisotopic (exact) mass is 423 g/mol. The van der Waals surface area contributed by atoms with Gasteiger partial charge in [-0.1, -0.05) is 108 Å².